The van der Waals surface area contributed by atoms with Crippen molar-refractivity contribution in [1.29, 1.82) is 0 Å². The van der Waals surface area contributed by atoms with Gasteiger partial charge < -0.3 is 26.2 Å². The van der Waals surface area contributed by atoms with E-state index in [4.69, 9.17) is 0 Å². The Hall–Kier alpha value is -4.21. The van der Waals surface area contributed by atoms with Gasteiger partial charge in [0.05, 0.1) is 0 Å². The summed E-state index contributed by atoms with van der Waals surface area (Å²) in [5.74, 6) is -2.30. The lowest BCUT2D eigenvalue weighted by atomic mass is 9.84. The minimum absolute atomic E-state index is 0.0535. The second-order valence-electron chi connectivity index (χ2n) is 14.6. The molecular weight excluding hydrogens is 618 g/mol. The van der Waals surface area contributed by atoms with Crippen LogP contribution in [0.2, 0.25) is 0 Å². The van der Waals surface area contributed by atoms with Crippen LogP contribution in [0.3, 0.4) is 0 Å². The number of hydrogen-bond acceptors (Lipinski definition) is 5. The number of amides is 5. The van der Waals surface area contributed by atoms with Gasteiger partial charge in [0.1, 0.15) is 30.2 Å². The van der Waals surface area contributed by atoms with Crippen LogP contribution in [-0.4, -0.2) is 71.7 Å². The molecule has 0 unspecified atom stereocenters. The van der Waals surface area contributed by atoms with Crippen LogP contribution < -0.4 is 21.3 Å². The molecule has 4 rings (SSSR count). The van der Waals surface area contributed by atoms with Gasteiger partial charge in [-0.2, -0.15) is 0 Å². The van der Waals surface area contributed by atoms with Gasteiger partial charge >= 0.3 is 0 Å². The van der Waals surface area contributed by atoms with E-state index in [1.54, 1.807) is 7.05 Å². The topological polar surface area (TPSA) is 137 Å². The number of carbonyl (C=O) groups is 5. The van der Waals surface area contributed by atoms with Gasteiger partial charge in [-0.15, -0.1) is 0 Å². The number of nitrogens with zero attached hydrogens (tertiary/aromatic N) is 1. The SMILES string of the molecule is CC(C)C[C@@H]1NC(=O)[C@H](Cc2ccccc2)NC(=O)[C@@H](Cc2ccccc2)N(C)C(=O)[C@H](C(C)C)NC(=O)[C@H](CC2CCCCC2)NC1=O. The van der Waals surface area contributed by atoms with E-state index in [-0.39, 0.29) is 30.6 Å². The number of likely N-dealkylation sites (N-methyl/N-ethyl adjacent to an activating group) is 1. The molecule has 5 atom stereocenters. The molecule has 0 radical (unpaired) electrons. The predicted octanol–water partition coefficient (Wildman–Crippen LogP) is 3.92. The summed E-state index contributed by atoms with van der Waals surface area (Å²) in [5, 5.41) is 11.8. The van der Waals surface area contributed by atoms with E-state index in [0.29, 0.717) is 12.8 Å². The number of benzene rings is 2. The van der Waals surface area contributed by atoms with Crippen molar-refractivity contribution in [2.75, 3.05) is 7.05 Å². The highest BCUT2D eigenvalue weighted by Crippen LogP contribution is 2.28. The summed E-state index contributed by atoms with van der Waals surface area (Å²) in [4.78, 5) is 72.0. The van der Waals surface area contributed by atoms with E-state index in [1.807, 2.05) is 88.4 Å². The van der Waals surface area contributed by atoms with Crippen molar-refractivity contribution in [3.63, 3.8) is 0 Å². The molecule has 10 heteroatoms. The Morgan fingerprint density at radius 3 is 1.71 bits per heavy atom. The molecule has 2 aromatic carbocycles. The minimum Gasteiger partial charge on any atom is -0.343 e. The fraction of sp³-hybridized carbons (Fsp3) is 0.564. The lowest BCUT2D eigenvalue weighted by molar-refractivity contribution is -0.143. The third-order valence-electron chi connectivity index (χ3n) is 9.80. The zero-order valence-electron chi connectivity index (χ0n) is 29.7. The Morgan fingerprint density at radius 1 is 0.633 bits per heavy atom. The van der Waals surface area contributed by atoms with E-state index in [9.17, 15) is 24.0 Å². The molecule has 1 aliphatic heterocycles. The molecule has 49 heavy (non-hydrogen) atoms. The highest BCUT2D eigenvalue weighted by molar-refractivity contribution is 5.98. The standard InChI is InChI=1S/C39H55N5O5/c1-25(2)21-30-35(45)41-32(23-28-17-11-7-12-18-28)37(47)43-34(26(3)4)39(49)44(5)33(24-29-19-13-8-14-20-29)38(48)42-31(36(46)40-30)22-27-15-9-6-10-16-27/h6,8-10,13-16,19-20,25-26,28,30-34H,7,11-12,17-18,21-24H2,1-5H3,(H,40,46)(H,41,45)(H,42,48)(H,43,47)/t30-,31-,32-,33+,34-/m0/s1. The summed E-state index contributed by atoms with van der Waals surface area (Å²) in [7, 11) is 1.57. The smallest absolute Gasteiger partial charge is 0.245 e. The summed E-state index contributed by atoms with van der Waals surface area (Å²) < 4.78 is 0. The molecular formula is C39H55N5O5. The second-order valence-corrected chi connectivity index (χ2v) is 14.6. The van der Waals surface area contributed by atoms with Crippen LogP contribution in [0.5, 0.6) is 0 Å². The van der Waals surface area contributed by atoms with Crippen LogP contribution >= 0.6 is 0 Å². The molecule has 1 saturated heterocycles. The van der Waals surface area contributed by atoms with Crippen molar-refractivity contribution >= 4 is 29.5 Å². The Balaban J connectivity index is 1.77. The van der Waals surface area contributed by atoms with Gasteiger partial charge in [0, 0.05) is 19.9 Å². The first-order chi connectivity index (χ1) is 23.4. The quantitative estimate of drug-likeness (QED) is 0.320. The maximum atomic E-state index is 14.3. The van der Waals surface area contributed by atoms with Gasteiger partial charge in [0.25, 0.3) is 0 Å². The van der Waals surface area contributed by atoms with Gasteiger partial charge in [0.15, 0.2) is 0 Å². The van der Waals surface area contributed by atoms with Crippen molar-refractivity contribution < 1.29 is 24.0 Å². The summed E-state index contributed by atoms with van der Waals surface area (Å²) in [6.07, 6.45) is 6.41. The van der Waals surface area contributed by atoms with Gasteiger partial charge in [-0.25, -0.2) is 0 Å². The van der Waals surface area contributed by atoms with E-state index < -0.39 is 59.7 Å². The van der Waals surface area contributed by atoms with Crippen molar-refractivity contribution in [3.8, 4) is 0 Å². The molecule has 5 amide bonds. The molecule has 4 N–H and O–H groups in total. The van der Waals surface area contributed by atoms with Crippen LogP contribution in [0.4, 0.5) is 0 Å². The lowest BCUT2D eigenvalue weighted by Crippen LogP contribution is -2.59. The highest BCUT2D eigenvalue weighted by Gasteiger charge is 2.38. The molecule has 2 fully saturated rings. The summed E-state index contributed by atoms with van der Waals surface area (Å²) in [6, 6.07) is 14.0. The first kappa shape index (κ1) is 37.6. The van der Waals surface area contributed by atoms with Gasteiger partial charge in [-0.05, 0) is 41.7 Å². The minimum atomic E-state index is -1.03. The molecule has 0 aromatic heterocycles. The number of nitrogens with one attached hydrogen (secondary N) is 4. The Morgan fingerprint density at radius 2 is 1.14 bits per heavy atom. The third kappa shape index (κ3) is 10.9. The molecule has 1 heterocycles. The van der Waals surface area contributed by atoms with Gasteiger partial charge in [-0.1, -0.05) is 120 Å². The van der Waals surface area contributed by atoms with Gasteiger partial charge in [0.2, 0.25) is 29.5 Å². The Labute approximate surface area is 291 Å². The van der Waals surface area contributed by atoms with E-state index >= 15 is 0 Å². The van der Waals surface area contributed by atoms with Crippen LogP contribution in [0.15, 0.2) is 60.7 Å². The second kappa shape index (κ2) is 18.0. The first-order valence-electron chi connectivity index (χ1n) is 18.0. The number of rotatable bonds is 9. The molecule has 266 valence electrons. The lowest BCUT2D eigenvalue weighted by Gasteiger charge is -2.34. The average Bonchev–Trinajstić information content (AvgIpc) is 3.08. The maximum absolute atomic E-state index is 14.3. The van der Waals surface area contributed by atoms with Crippen LogP contribution in [-0.2, 0) is 36.8 Å². The molecule has 10 nitrogen and oxygen atoms in total. The number of carbonyl (C=O) groups excluding carboxylic acids is 5. The molecule has 2 aromatic rings. The average molecular weight is 674 g/mol. The maximum Gasteiger partial charge on any atom is 0.245 e. The summed E-state index contributed by atoms with van der Waals surface area (Å²) >= 11 is 0. The Kier molecular flexibility index (Phi) is 13.8. The van der Waals surface area contributed by atoms with Crippen molar-refractivity contribution in [2.45, 2.75) is 116 Å². The molecule has 0 bridgehead atoms. The predicted molar refractivity (Wildman–Crippen MR) is 190 cm³/mol. The fourth-order valence-corrected chi connectivity index (χ4v) is 6.95. The first-order valence-corrected chi connectivity index (χ1v) is 18.0. The summed E-state index contributed by atoms with van der Waals surface area (Å²) in [5.41, 5.74) is 1.67. The van der Waals surface area contributed by atoms with Crippen LogP contribution in [0, 0.1) is 17.8 Å². The van der Waals surface area contributed by atoms with Crippen molar-refractivity contribution in [3.05, 3.63) is 71.8 Å². The molecule has 0 spiro atoms. The largest absolute Gasteiger partial charge is 0.343 e. The normalized spacial score (nSPS) is 25.2. The van der Waals surface area contributed by atoms with Crippen LogP contribution in [0.25, 0.3) is 0 Å². The van der Waals surface area contributed by atoms with E-state index in [0.717, 1.165) is 43.2 Å². The van der Waals surface area contributed by atoms with Crippen molar-refractivity contribution in [2.24, 2.45) is 17.8 Å². The van der Waals surface area contributed by atoms with E-state index in [1.165, 1.54) is 4.90 Å². The highest BCUT2D eigenvalue weighted by atomic mass is 16.2. The zero-order chi connectivity index (χ0) is 35.5. The molecule has 1 saturated carbocycles. The van der Waals surface area contributed by atoms with Gasteiger partial charge in [-0.3, -0.25) is 24.0 Å². The third-order valence-corrected chi connectivity index (χ3v) is 9.80. The van der Waals surface area contributed by atoms with Crippen LogP contribution in [0.1, 0.15) is 83.8 Å². The number of hydrogen-bond donors (Lipinski definition) is 4. The fourth-order valence-electron chi connectivity index (χ4n) is 6.95. The van der Waals surface area contributed by atoms with Crippen molar-refractivity contribution in [1.82, 2.24) is 26.2 Å². The Bertz CT molecular complexity index is 1410. The summed E-state index contributed by atoms with van der Waals surface area (Å²) in [6.45, 7) is 7.63. The van der Waals surface area contributed by atoms with E-state index in [2.05, 4.69) is 21.3 Å². The molecule has 1 aliphatic carbocycles. The molecule has 2 aliphatic rings. The monoisotopic (exact) mass is 673 g/mol. The zero-order valence-corrected chi connectivity index (χ0v) is 29.7.